The fourth-order valence-electron chi connectivity index (χ4n) is 2.13. The number of aliphatic hydroxyl groups excluding tert-OH is 1. The van der Waals surface area contributed by atoms with Crippen molar-refractivity contribution in [1.29, 1.82) is 0 Å². The van der Waals surface area contributed by atoms with Crippen molar-refractivity contribution in [3.8, 4) is 5.75 Å². The molecule has 1 rings (SSSR count). The van der Waals surface area contributed by atoms with Crippen molar-refractivity contribution in [2.24, 2.45) is 0 Å². The van der Waals surface area contributed by atoms with E-state index in [-0.39, 0.29) is 6.61 Å². The van der Waals surface area contributed by atoms with E-state index in [0.717, 1.165) is 12.2 Å². The average Bonchev–Trinajstić information content (AvgIpc) is 2.28. The Hall–Kier alpha value is -1.02. The van der Waals surface area contributed by atoms with E-state index in [4.69, 9.17) is 9.84 Å². The topological polar surface area (TPSA) is 29.5 Å². The molecule has 1 aromatic carbocycles. The molecule has 0 saturated heterocycles. The molecule has 0 atom stereocenters. The summed E-state index contributed by atoms with van der Waals surface area (Å²) >= 11 is 0. The van der Waals surface area contributed by atoms with Crippen LogP contribution in [0.3, 0.4) is 0 Å². The van der Waals surface area contributed by atoms with Crippen LogP contribution in [0.15, 0.2) is 12.1 Å². The van der Waals surface area contributed by atoms with Gasteiger partial charge in [-0.05, 0) is 29.9 Å². The summed E-state index contributed by atoms with van der Waals surface area (Å²) in [6.07, 6.45) is 1.63. The quantitative estimate of drug-likeness (QED) is 0.830. The highest BCUT2D eigenvalue weighted by Gasteiger charge is 2.14. The number of ether oxygens (including phenoxy) is 1. The lowest BCUT2D eigenvalue weighted by Gasteiger charge is -2.18. The van der Waals surface area contributed by atoms with Crippen LogP contribution in [0, 0.1) is 0 Å². The Morgan fingerprint density at radius 2 is 2.00 bits per heavy atom. The van der Waals surface area contributed by atoms with Gasteiger partial charge in [0.05, 0.1) is 7.11 Å². The summed E-state index contributed by atoms with van der Waals surface area (Å²) in [6, 6.07) is 4.30. The first-order valence-electron chi connectivity index (χ1n) is 5.95. The second-order valence-electron chi connectivity index (χ2n) is 4.31. The molecule has 0 aliphatic carbocycles. The summed E-state index contributed by atoms with van der Waals surface area (Å²) in [7, 11) is 1.71. The Balaban J connectivity index is 3.31. The van der Waals surface area contributed by atoms with Gasteiger partial charge in [-0.2, -0.15) is 0 Å². The lowest BCUT2D eigenvalue weighted by Crippen LogP contribution is -2.05. The maximum absolute atomic E-state index is 9.15. The van der Waals surface area contributed by atoms with Crippen LogP contribution in [-0.4, -0.2) is 18.8 Å². The second kappa shape index (κ2) is 5.90. The van der Waals surface area contributed by atoms with Crippen LogP contribution < -0.4 is 4.74 Å². The Bertz CT molecular complexity index is 343. The van der Waals surface area contributed by atoms with Gasteiger partial charge in [-0.1, -0.05) is 32.9 Å². The molecule has 2 heteroatoms. The molecule has 0 aliphatic heterocycles. The number of aliphatic hydroxyl groups is 1. The van der Waals surface area contributed by atoms with E-state index in [1.54, 1.807) is 7.11 Å². The predicted molar refractivity (Wildman–Crippen MR) is 67.3 cm³/mol. The highest BCUT2D eigenvalue weighted by Crippen LogP contribution is 2.32. The molecule has 0 unspecified atom stereocenters. The zero-order valence-corrected chi connectivity index (χ0v) is 10.7. The van der Waals surface area contributed by atoms with Gasteiger partial charge in [-0.15, -0.1) is 0 Å². The van der Waals surface area contributed by atoms with Crippen LogP contribution in [0.25, 0.3) is 0 Å². The fourth-order valence-corrected chi connectivity index (χ4v) is 2.13. The summed E-state index contributed by atoms with van der Waals surface area (Å²) < 4.78 is 5.50. The van der Waals surface area contributed by atoms with Crippen molar-refractivity contribution in [1.82, 2.24) is 0 Å². The van der Waals surface area contributed by atoms with Gasteiger partial charge in [0.25, 0.3) is 0 Å². The van der Waals surface area contributed by atoms with E-state index in [1.807, 2.05) is 0 Å². The smallest absolute Gasteiger partial charge is 0.125 e. The average molecular weight is 222 g/mol. The molecule has 16 heavy (non-hydrogen) atoms. The fraction of sp³-hybridized carbons (Fsp3) is 0.571. The van der Waals surface area contributed by atoms with Crippen molar-refractivity contribution in [3.63, 3.8) is 0 Å². The van der Waals surface area contributed by atoms with Crippen molar-refractivity contribution >= 4 is 0 Å². The standard InChI is InChI=1S/C14H22O2/c1-5-11-6-7-12(10(2)3)13(8-9-15)14(11)16-4/h6-7,10,15H,5,8-9H2,1-4H3. The molecule has 1 aromatic rings. The van der Waals surface area contributed by atoms with E-state index >= 15 is 0 Å². The van der Waals surface area contributed by atoms with E-state index in [0.29, 0.717) is 12.3 Å². The summed E-state index contributed by atoms with van der Waals surface area (Å²) in [6.45, 7) is 6.63. The number of methoxy groups -OCH3 is 1. The zero-order chi connectivity index (χ0) is 12.1. The first-order valence-corrected chi connectivity index (χ1v) is 5.95. The largest absolute Gasteiger partial charge is 0.496 e. The van der Waals surface area contributed by atoms with Gasteiger partial charge in [-0.25, -0.2) is 0 Å². The normalized spacial score (nSPS) is 10.9. The molecule has 0 bridgehead atoms. The predicted octanol–water partition coefficient (Wildman–Crippen LogP) is 2.92. The molecule has 0 aromatic heterocycles. The Kier molecular flexibility index (Phi) is 4.81. The van der Waals surface area contributed by atoms with Gasteiger partial charge >= 0.3 is 0 Å². The molecule has 0 amide bonds. The van der Waals surface area contributed by atoms with E-state index < -0.39 is 0 Å². The monoisotopic (exact) mass is 222 g/mol. The van der Waals surface area contributed by atoms with Crippen LogP contribution in [0.1, 0.15) is 43.4 Å². The van der Waals surface area contributed by atoms with Crippen molar-refractivity contribution in [3.05, 3.63) is 28.8 Å². The van der Waals surface area contributed by atoms with Crippen LogP contribution in [0.2, 0.25) is 0 Å². The number of aryl methyl sites for hydroxylation is 1. The van der Waals surface area contributed by atoms with Gasteiger partial charge in [-0.3, -0.25) is 0 Å². The molecular weight excluding hydrogens is 200 g/mol. The molecule has 90 valence electrons. The summed E-state index contributed by atoms with van der Waals surface area (Å²) in [4.78, 5) is 0. The van der Waals surface area contributed by atoms with Crippen LogP contribution in [-0.2, 0) is 12.8 Å². The lowest BCUT2D eigenvalue weighted by molar-refractivity contribution is 0.296. The lowest BCUT2D eigenvalue weighted by atomic mass is 9.92. The van der Waals surface area contributed by atoms with Crippen LogP contribution in [0.5, 0.6) is 5.75 Å². The molecule has 0 fully saturated rings. The number of hydrogen-bond donors (Lipinski definition) is 1. The van der Waals surface area contributed by atoms with Gasteiger partial charge in [0, 0.05) is 12.2 Å². The molecule has 0 spiro atoms. The third kappa shape index (κ3) is 2.56. The number of hydrogen-bond acceptors (Lipinski definition) is 2. The molecule has 0 aliphatic rings. The second-order valence-corrected chi connectivity index (χ2v) is 4.31. The van der Waals surface area contributed by atoms with E-state index in [2.05, 4.69) is 32.9 Å². The Morgan fingerprint density at radius 3 is 2.44 bits per heavy atom. The minimum absolute atomic E-state index is 0.170. The summed E-state index contributed by atoms with van der Waals surface area (Å²) in [5.41, 5.74) is 3.66. The maximum atomic E-state index is 9.15. The third-order valence-corrected chi connectivity index (χ3v) is 2.95. The molecule has 0 heterocycles. The van der Waals surface area contributed by atoms with Gasteiger partial charge in [0.15, 0.2) is 0 Å². The third-order valence-electron chi connectivity index (χ3n) is 2.95. The van der Waals surface area contributed by atoms with Crippen molar-refractivity contribution in [2.75, 3.05) is 13.7 Å². The minimum Gasteiger partial charge on any atom is -0.496 e. The van der Waals surface area contributed by atoms with Gasteiger partial charge < -0.3 is 9.84 Å². The molecular formula is C14H22O2. The first kappa shape index (κ1) is 13.0. The SMILES string of the molecule is CCc1ccc(C(C)C)c(CCO)c1OC. The zero-order valence-electron chi connectivity index (χ0n) is 10.7. The molecule has 0 radical (unpaired) electrons. The van der Waals surface area contributed by atoms with Crippen LogP contribution in [0.4, 0.5) is 0 Å². The Labute approximate surface area is 98.3 Å². The molecule has 1 N–H and O–H groups in total. The maximum Gasteiger partial charge on any atom is 0.125 e. The molecule has 2 nitrogen and oxygen atoms in total. The minimum atomic E-state index is 0.170. The summed E-state index contributed by atoms with van der Waals surface area (Å²) in [5, 5.41) is 9.15. The Morgan fingerprint density at radius 1 is 1.31 bits per heavy atom. The van der Waals surface area contributed by atoms with E-state index in [1.165, 1.54) is 16.7 Å². The van der Waals surface area contributed by atoms with Crippen LogP contribution >= 0.6 is 0 Å². The van der Waals surface area contributed by atoms with Gasteiger partial charge in [0.1, 0.15) is 5.75 Å². The molecule has 0 saturated carbocycles. The first-order chi connectivity index (χ1) is 7.65. The van der Waals surface area contributed by atoms with Crippen molar-refractivity contribution in [2.45, 2.75) is 39.5 Å². The van der Waals surface area contributed by atoms with E-state index in [9.17, 15) is 0 Å². The number of rotatable bonds is 5. The highest BCUT2D eigenvalue weighted by molar-refractivity contribution is 5.48. The number of benzene rings is 1. The highest BCUT2D eigenvalue weighted by atomic mass is 16.5. The van der Waals surface area contributed by atoms with Crippen molar-refractivity contribution < 1.29 is 9.84 Å². The summed E-state index contributed by atoms with van der Waals surface area (Å²) in [5.74, 6) is 1.42. The van der Waals surface area contributed by atoms with Gasteiger partial charge in [0.2, 0.25) is 0 Å².